The standard InChI is InChI=1S/C26H22ClFN4O3S/c27-21-10-8-18(9-11-21)25-23(19-6-7-20(16-33)24(28)13-19)12-17(14-30-25)15-31-26(29)32-36(34,35)22-4-2-1-3-5-22/h1-14,33H,15-16H2,(H3,29,31,32). The molecule has 36 heavy (non-hydrogen) atoms. The van der Waals surface area contributed by atoms with Crippen LogP contribution >= 0.6 is 11.6 Å². The van der Waals surface area contributed by atoms with Crippen LogP contribution in [-0.4, -0.2) is 24.5 Å². The molecule has 7 nitrogen and oxygen atoms in total. The average Bonchev–Trinajstić information content (AvgIpc) is 2.88. The quantitative estimate of drug-likeness (QED) is 0.243. The van der Waals surface area contributed by atoms with Gasteiger partial charge in [-0.15, -0.1) is 0 Å². The highest BCUT2D eigenvalue weighted by atomic mass is 35.5. The summed E-state index contributed by atoms with van der Waals surface area (Å²) in [6.45, 7) is -0.386. The molecule has 0 spiro atoms. The summed E-state index contributed by atoms with van der Waals surface area (Å²) >= 11 is 6.02. The molecule has 0 fully saturated rings. The summed E-state index contributed by atoms with van der Waals surface area (Å²) in [5.41, 5.74) is 9.17. The number of nitrogens with one attached hydrogen (secondary N) is 1. The molecule has 0 bridgehead atoms. The Bertz CT molecular complexity index is 1510. The molecule has 0 radical (unpaired) electrons. The van der Waals surface area contributed by atoms with E-state index in [2.05, 4.69) is 14.7 Å². The van der Waals surface area contributed by atoms with Gasteiger partial charge in [-0.1, -0.05) is 54.1 Å². The molecule has 4 aromatic rings. The predicted octanol–water partition coefficient (Wildman–Crippen LogP) is 4.49. The maximum Gasteiger partial charge on any atom is 0.264 e. The van der Waals surface area contributed by atoms with Crippen LogP contribution in [-0.2, 0) is 23.2 Å². The van der Waals surface area contributed by atoms with E-state index in [9.17, 15) is 17.9 Å². The number of halogens is 2. The van der Waals surface area contributed by atoms with Crippen LogP contribution in [0.1, 0.15) is 11.1 Å². The van der Waals surface area contributed by atoms with Gasteiger partial charge in [0.2, 0.25) is 5.96 Å². The predicted molar refractivity (Wildman–Crippen MR) is 138 cm³/mol. The van der Waals surface area contributed by atoms with E-state index in [1.807, 2.05) is 0 Å². The van der Waals surface area contributed by atoms with E-state index in [1.165, 1.54) is 24.3 Å². The monoisotopic (exact) mass is 524 g/mol. The van der Waals surface area contributed by atoms with Crippen LogP contribution in [0.3, 0.4) is 0 Å². The lowest BCUT2D eigenvalue weighted by atomic mass is 9.97. The van der Waals surface area contributed by atoms with Gasteiger partial charge in [-0.3, -0.25) is 4.98 Å². The molecule has 10 heteroatoms. The largest absolute Gasteiger partial charge is 0.392 e. The second kappa shape index (κ2) is 10.9. The molecule has 3 aromatic carbocycles. The smallest absolute Gasteiger partial charge is 0.264 e. The first kappa shape index (κ1) is 25.3. The van der Waals surface area contributed by atoms with E-state index in [0.29, 0.717) is 27.4 Å². The Labute approximate surface area is 213 Å². The number of benzene rings is 3. The number of aliphatic hydroxyl groups excluding tert-OH is 1. The first-order valence-electron chi connectivity index (χ1n) is 10.8. The highest BCUT2D eigenvalue weighted by Gasteiger charge is 2.15. The van der Waals surface area contributed by atoms with Crippen LogP contribution in [0.25, 0.3) is 22.4 Å². The molecule has 0 saturated carbocycles. The molecule has 0 unspecified atom stereocenters. The fraction of sp³-hybridized carbons (Fsp3) is 0.0769. The molecule has 0 aliphatic rings. The highest BCUT2D eigenvalue weighted by molar-refractivity contribution is 7.90. The van der Waals surface area contributed by atoms with Gasteiger partial charge in [0.1, 0.15) is 5.82 Å². The Kier molecular flexibility index (Phi) is 7.64. The number of sulfonamides is 1. The number of aliphatic hydroxyl groups is 1. The van der Waals surface area contributed by atoms with Crippen molar-refractivity contribution in [3.05, 3.63) is 107 Å². The fourth-order valence-corrected chi connectivity index (χ4v) is 4.60. The van der Waals surface area contributed by atoms with Crippen molar-refractivity contribution in [2.24, 2.45) is 10.7 Å². The van der Waals surface area contributed by atoms with Gasteiger partial charge in [0, 0.05) is 27.9 Å². The maximum absolute atomic E-state index is 14.5. The minimum Gasteiger partial charge on any atom is -0.392 e. The summed E-state index contributed by atoms with van der Waals surface area (Å²) in [5.74, 6) is -0.819. The van der Waals surface area contributed by atoms with Crippen LogP contribution in [0.5, 0.6) is 0 Å². The van der Waals surface area contributed by atoms with Gasteiger partial charge in [-0.05, 0) is 47.5 Å². The van der Waals surface area contributed by atoms with Gasteiger partial charge in [-0.2, -0.15) is 0 Å². The van der Waals surface area contributed by atoms with Crippen molar-refractivity contribution >= 4 is 27.6 Å². The minimum atomic E-state index is -3.87. The molecule has 0 aliphatic carbocycles. The summed E-state index contributed by atoms with van der Waals surface area (Å²) < 4.78 is 41.6. The van der Waals surface area contributed by atoms with Crippen molar-refractivity contribution in [1.82, 2.24) is 9.71 Å². The van der Waals surface area contributed by atoms with E-state index in [4.69, 9.17) is 17.3 Å². The lowest BCUT2D eigenvalue weighted by molar-refractivity contribution is 0.276. The lowest BCUT2D eigenvalue weighted by Gasteiger charge is -2.13. The molecule has 4 N–H and O–H groups in total. The summed E-state index contributed by atoms with van der Waals surface area (Å²) in [6.07, 6.45) is 1.59. The number of guanidine groups is 1. The third kappa shape index (κ3) is 5.88. The third-order valence-electron chi connectivity index (χ3n) is 5.32. The topological polar surface area (TPSA) is 118 Å². The number of rotatable bonds is 7. The molecule has 1 aromatic heterocycles. The van der Waals surface area contributed by atoms with Crippen LogP contribution in [0.2, 0.25) is 5.02 Å². The summed E-state index contributed by atoms with van der Waals surface area (Å²) in [6, 6.07) is 21.2. The highest BCUT2D eigenvalue weighted by Crippen LogP contribution is 2.33. The lowest BCUT2D eigenvalue weighted by Crippen LogP contribution is -2.36. The first-order valence-corrected chi connectivity index (χ1v) is 12.7. The van der Waals surface area contributed by atoms with Crippen molar-refractivity contribution in [3.63, 3.8) is 0 Å². The van der Waals surface area contributed by atoms with Crippen LogP contribution < -0.4 is 10.5 Å². The Morgan fingerprint density at radius 2 is 1.72 bits per heavy atom. The number of pyridine rings is 1. The zero-order valence-electron chi connectivity index (χ0n) is 18.9. The number of aliphatic imine (C=N–C) groups is 1. The number of nitrogens with zero attached hydrogens (tertiary/aromatic N) is 2. The van der Waals surface area contributed by atoms with E-state index in [1.54, 1.807) is 60.8 Å². The first-order chi connectivity index (χ1) is 17.3. The van der Waals surface area contributed by atoms with Crippen molar-refractivity contribution in [2.75, 3.05) is 0 Å². The molecule has 0 saturated heterocycles. The number of nitrogens with two attached hydrogens (primary N) is 1. The zero-order valence-corrected chi connectivity index (χ0v) is 20.5. The number of hydrogen-bond acceptors (Lipinski definition) is 5. The summed E-state index contributed by atoms with van der Waals surface area (Å²) in [5, 5.41) is 9.89. The van der Waals surface area contributed by atoms with E-state index >= 15 is 0 Å². The van der Waals surface area contributed by atoms with E-state index < -0.39 is 22.4 Å². The van der Waals surface area contributed by atoms with Gasteiger partial charge in [-0.25, -0.2) is 22.5 Å². The van der Waals surface area contributed by atoms with Crippen LogP contribution in [0.4, 0.5) is 4.39 Å². The average molecular weight is 525 g/mol. The minimum absolute atomic E-state index is 0.0290. The van der Waals surface area contributed by atoms with Gasteiger partial charge < -0.3 is 10.8 Å². The van der Waals surface area contributed by atoms with Crippen LogP contribution in [0.15, 0.2) is 94.9 Å². The Hall–Kier alpha value is -3.79. The Morgan fingerprint density at radius 3 is 2.39 bits per heavy atom. The van der Waals surface area contributed by atoms with Crippen molar-refractivity contribution in [3.8, 4) is 22.4 Å². The van der Waals surface area contributed by atoms with Crippen molar-refractivity contribution in [1.29, 1.82) is 0 Å². The number of aromatic nitrogens is 1. The second-order valence-electron chi connectivity index (χ2n) is 7.83. The molecule has 0 atom stereocenters. The Balaban J connectivity index is 1.66. The second-order valence-corrected chi connectivity index (χ2v) is 9.95. The summed E-state index contributed by atoms with van der Waals surface area (Å²) in [4.78, 5) is 8.76. The maximum atomic E-state index is 14.5. The molecular formula is C26H22ClFN4O3S. The Morgan fingerprint density at radius 1 is 1.03 bits per heavy atom. The fourth-order valence-electron chi connectivity index (χ4n) is 3.50. The van der Waals surface area contributed by atoms with E-state index in [0.717, 1.165) is 5.56 Å². The van der Waals surface area contributed by atoms with Crippen LogP contribution in [0, 0.1) is 5.82 Å². The normalized spacial score (nSPS) is 11.9. The van der Waals surface area contributed by atoms with Crippen molar-refractivity contribution in [2.45, 2.75) is 18.0 Å². The van der Waals surface area contributed by atoms with Gasteiger partial charge in [0.05, 0.1) is 23.7 Å². The molecule has 184 valence electrons. The summed E-state index contributed by atoms with van der Waals surface area (Å²) in [7, 11) is -3.87. The third-order valence-corrected chi connectivity index (χ3v) is 6.94. The molecule has 1 heterocycles. The number of hydrogen-bond donors (Lipinski definition) is 3. The SMILES string of the molecule is NC(=NCc1cnc(-c2ccc(Cl)cc2)c(-c2ccc(CO)c(F)c2)c1)NS(=O)(=O)c1ccccc1. The zero-order chi connectivity index (χ0) is 25.7. The van der Waals surface area contributed by atoms with Gasteiger partial charge in [0.15, 0.2) is 0 Å². The van der Waals surface area contributed by atoms with E-state index in [-0.39, 0.29) is 23.0 Å². The van der Waals surface area contributed by atoms with Gasteiger partial charge in [0.25, 0.3) is 10.0 Å². The molecule has 0 aliphatic heterocycles. The molecule has 4 rings (SSSR count). The van der Waals surface area contributed by atoms with Crippen molar-refractivity contribution < 1.29 is 17.9 Å². The molecule has 0 amide bonds. The molecular weight excluding hydrogens is 503 g/mol. The van der Waals surface area contributed by atoms with Gasteiger partial charge >= 0.3 is 0 Å².